The largest absolute Gasteiger partial charge is 0.497 e. The smallest absolute Gasteiger partial charge is 0.120 e. The molecule has 1 aliphatic heterocycles. The van der Waals surface area contributed by atoms with E-state index in [-0.39, 0.29) is 0 Å². The van der Waals surface area contributed by atoms with E-state index in [4.69, 9.17) is 4.74 Å². The van der Waals surface area contributed by atoms with Crippen molar-refractivity contribution in [3.8, 4) is 16.9 Å². The summed E-state index contributed by atoms with van der Waals surface area (Å²) in [6.45, 7) is 2.29. The number of ether oxygens (including phenoxy) is 1. The van der Waals surface area contributed by atoms with E-state index in [2.05, 4.69) is 47.4 Å². The van der Waals surface area contributed by atoms with Crippen molar-refractivity contribution < 1.29 is 4.74 Å². The number of hydrogen-bond acceptors (Lipinski definition) is 2. The molecule has 0 saturated carbocycles. The number of methoxy groups -OCH3 is 1. The summed E-state index contributed by atoms with van der Waals surface area (Å²) in [6.07, 6.45) is 2.57. The van der Waals surface area contributed by atoms with Crippen LogP contribution in [-0.2, 0) is 0 Å². The molecule has 2 aromatic rings. The quantitative estimate of drug-likeness (QED) is 0.821. The average Bonchev–Trinajstić information content (AvgIpc) is 3.01. The summed E-state index contributed by atoms with van der Waals surface area (Å²) < 4.78 is 5.38. The van der Waals surface area contributed by atoms with Gasteiger partial charge in [-0.2, -0.15) is 0 Å². The standard InChI is InChI=1S/C17H19NO/c1-19-15-9-10-16(14-7-3-2-4-8-14)17(13-15)18-11-5-6-12-18/h2-4,7-10,13H,5-6,11-12H2,1H3. The molecule has 0 amide bonds. The number of benzene rings is 2. The fourth-order valence-electron chi connectivity index (χ4n) is 2.72. The molecule has 2 aromatic carbocycles. The van der Waals surface area contributed by atoms with Gasteiger partial charge in [-0.3, -0.25) is 0 Å². The summed E-state index contributed by atoms with van der Waals surface area (Å²) in [5, 5.41) is 0. The van der Waals surface area contributed by atoms with Gasteiger partial charge >= 0.3 is 0 Å². The lowest BCUT2D eigenvalue weighted by Gasteiger charge is -2.22. The van der Waals surface area contributed by atoms with Gasteiger partial charge in [-0.05, 0) is 30.5 Å². The van der Waals surface area contributed by atoms with Crippen molar-refractivity contribution in [2.24, 2.45) is 0 Å². The zero-order chi connectivity index (χ0) is 13.1. The molecule has 1 saturated heterocycles. The van der Waals surface area contributed by atoms with Crippen LogP contribution in [-0.4, -0.2) is 20.2 Å². The minimum absolute atomic E-state index is 0.932. The van der Waals surface area contributed by atoms with E-state index >= 15 is 0 Å². The Morgan fingerprint density at radius 3 is 2.37 bits per heavy atom. The van der Waals surface area contributed by atoms with Crippen molar-refractivity contribution >= 4 is 5.69 Å². The molecule has 0 N–H and O–H groups in total. The van der Waals surface area contributed by atoms with Gasteiger partial charge in [0, 0.05) is 30.4 Å². The predicted octanol–water partition coefficient (Wildman–Crippen LogP) is 3.96. The minimum Gasteiger partial charge on any atom is -0.497 e. The zero-order valence-corrected chi connectivity index (χ0v) is 11.3. The molecule has 0 radical (unpaired) electrons. The van der Waals surface area contributed by atoms with E-state index < -0.39 is 0 Å². The van der Waals surface area contributed by atoms with E-state index in [9.17, 15) is 0 Å². The molecule has 98 valence electrons. The molecule has 0 atom stereocenters. The first-order chi connectivity index (χ1) is 9.38. The lowest BCUT2D eigenvalue weighted by Crippen LogP contribution is -2.18. The predicted molar refractivity (Wildman–Crippen MR) is 79.9 cm³/mol. The molecule has 0 bridgehead atoms. The van der Waals surface area contributed by atoms with Gasteiger partial charge in [0.2, 0.25) is 0 Å². The Hall–Kier alpha value is -1.96. The lowest BCUT2D eigenvalue weighted by molar-refractivity contribution is 0.415. The molecular formula is C17H19NO. The number of anilines is 1. The van der Waals surface area contributed by atoms with Crippen LogP contribution in [0.15, 0.2) is 48.5 Å². The summed E-state index contributed by atoms with van der Waals surface area (Å²) in [4.78, 5) is 2.46. The van der Waals surface area contributed by atoms with E-state index in [1.165, 1.54) is 29.7 Å². The second kappa shape index (κ2) is 5.35. The molecule has 3 rings (SSSR count). The Morgan fingerprint density at radius 1 is 0.947 bits per heavy atom. The van der Waals surface area contributed by atoms with Gasteiger partial charge in [0.05, 0.1) is 7.11 Å². The van der Waals surface area contributed by atoms with Gasteiger partial charge in [-0.1, -0.05) is 30.3 Å². The number of hydrogen-bond donors (Lipinski definition) is 0. The summed E-state index contributed by atoms with van der Waals surface area (Å²) in [5.41, 5.74) is 3.86. The van der Waals surface area contributed by atoms with Crippen LogP contribution in [0.2, 0.25) is 0 Å². The van der Waals surface area contributed by atoms with Gasteiger partial charge in [0.25, 0.3) is 0 Å². The first-order valence-corrected chi connectivity index (χ1v) is 6.87. The third kappa shape index (κ3) is 2.43. The Bertz CT molecular complexity index is 544. The second-order valence-corrected chi connectivity index (χ2v) is 4.94. The van der Waals surface area contributed by atoms with Crippen LogP contribution in [0.25, 0.3) is 11.1 Å². The van der Waals surface area contributed by atoms with Crippen LogP contribution in [0.3, 0.4) is 0 Å². The molecular weight excluding hydrogens is 234 g/mol. The molecule has 19 heavy (non-hydrogen) atoms. The molecule has 2 heteroatoms. The number of rotatable bonds is 3. The Labute approximate surface area is 114 Å². The van der Waals surface area contributed by atoms with Crippen molar-refractivity contribution in [3.05, 3.63) is 48.5 Å². The molecule has 2 nitrogen and oxygen atoms in total. The van der Waals surface area contributed by atoms with E-state index in [0.717, 1.165) is 18.8 Å². The van der Waals surface area contributed by atoms with E-state index in [1.54, 1.807) is 7.11 Å². The van der Waals surface area contributed by atoms with Gasteiger partial charge in [0.15, 0.2) is 0 Å². The number of nitrogens with zero attached hydrogens (tertiary/aromatic N) is 1. The van der Waals surface area contributed by atoms with Crippen LogP contribution in [0.4, 0.5) is 5.69 Å². The summed E-state index contributed by atoms with van der Waals surface area (Å²) >= 11 is 0. The Kier molecular flexibility index (Phi) is 3.41. The normalized spacial score (nSPS) is 14.7. The third-order valence-electron chi connectivity index (χ3n) is 3.74. The van der Waals surface area contributed by atoms with Crippen molar-refractivity contribution in [2.45, 2.75) is 12.8 Å². The van der Waals surface area contributed by atoms with Crippen LogP contribution < -0.4 is 9.64 Å². The van der Waals surface area contributed by atoms with Crippen molar-refractivity contribution in [1.29, 1.82) is 0 Å². The van der Waals surface area contributed by atoms with Gasteiger partial charge < -0.3 is 9.64 Å². The monoisotopic (exact) mass is 253 g/mol. The summed E-state index contributed by atoms with van der Waals surface area (Å²) in [7, 11) is 1.73. The first-order valence-electron chi connectivity index (χ1n) is 6.87. The van der Waals surface area contributed by atoms with Gasteiger partial charge in [0.1, 0.15) is 5.75 Å². The van der Waals surface area contributed by atoms with Crippen LogP contribution in [0.5, 0.6) is 5.75 Å². The SMILES string of the molecule is COc1ccc(-c2ccccc2)c(N2CCCC2)c1. The molecule has 0 spiro atoms. The van der Waals surface area contributed by atoms with Gasteiger partial charge in [-0.15, -0.1) is 0 Å². The molecule has 0 unspecified atom stereocenters. The van der Waals surface area contributed by atoms with E-state index in [1.807, 2.05) is 6.07 Å². The molecule has 1 heterocycles. The maximum Gasteiger partial charge on any atom is 0.120 e. The zero-order valence-electron chi connectivity index (χ0n) is 11.3. The van der Waals surface area contributed by atoms with Crippen LogP contribution >= 0.6 is 0 Å². The highest BCUT2D eigenvalue weighted by Gasteiger charge is 2.17. The topological polar surface area (TPSA) is 12.5 Å². The molecule has 1 aliphatic rings. The van der Waals surface area contributed by atoms with Crippen LogP contribution in [0, 0.1) is 0 Å². The lowest BCUT2D eigenvalue weighted by atomic mass is 10.0. The molecule has 1 fully saturated rings. The Morgan fingerprint density at radius 2 is 1.68 bits per heavy atom. The fourth-order valence-corrected chi connectivity index (χ4v) is 2.72. The molecule has 0 aliphatic carbocycles. The minimum atomic E-state index is 0.932. The van der Waals surface area contributed by atoms with Crippen molar-refractivity contribution in [3.63, 3.8) is 0 Å². The highest BCUT2D eigenvalue weighted by molar-refractivity contribution is 5.80. The average molecular weight is 253 g/mol. The highest BCUT2D eigenvalue weighted by atomic mass is 16.5. The van der Waals surface area contributed by atoms with Crippen molar-refractivity contribution in [1.82, 2.24) is 0 Å². The maximum atomic E-state index is 5.38. The third-order valence-corrected chi connectivity index (χ3v) is 3.74. The first kappa shape index (κ1) is 12.1. The van der Waals surface area contributed by atoms with Crippen LogP contribution in [0.1, 0.15) is 12.8 Å². The molecule has 0 aromatic heterocycles. The Balaban J connectivity index is 2.07. The summed E-state index contributed by atoms with van der Waals surface area (Å²) in [5.74, 6) is 0.932. The van der Waals surface area contributed by atoms with Crippen molar-refractivity contribution in [2.75, 3.05) is 25.1 Å². The maximum absolute atomic E-state index is 5.38. The van der Waals surface area contributed by atoms with Gasteiger partial charge in [-0.25, -0.2) is 0 Å². The highest BCUT2D eigenvalue weighted by Crippen LogP contribution is 2.35. The summed E-state index contributed by atoms with van der Waals surface area (Å²) in [6, 6.07) is 16.9. The second-order valence-electron chi connectivity index (χ2n) is 4.94. The van der Waals surface area contributed by atoms with E-state index in [0.29, 0.717) is 0 Å². The fraction of sp³-hybridized carbons (Fsp3) is 0.294.